The minimum Gasteiger partial charge on any atom is -0.490 e. The van der Waals surface area contributed by atoms with Crippen molar-refractivity contribution in [1.82, 2.24) is 4.98 Å². The van der Waals surface area contributed by atoms with Crippen LogP contribution < -0.4 is 0 Å². The summed E-state index contributed by atoms with van der Waals surface area (Å²) in [5.74, 6) is 0.615. The number of Topliss-reactive ketones (excluding diaryl/α,β-unsaturated/α-hetero) is 1. The predicted molar refractivity (Wildman–Crippen MR) is 56.2 cm³/mol. The standard InChI is InChI=1S/C12H13NO2/c14-11(12-5-3-9-15-12)7-6-10-4-1-2-8-13-10/h1-2,4-5,8H,3,6-7,9H2. The predicted octanol–water partition coefficient (Wildman–Crippen LogP) is 1.89. The lowest BCUT2D eigenvalue weighted by atomic mass is 10.1. The first-order valence-corrected chi connectivity index (χ1v) is 5.12. The molecule has 3 nitrogen and oxygen atoms in total. The number of carbonyl (C=O) groups excluding carboxylic acids is 1. The average molecular weight is 203 g/mol. The van der Waals surface area contributed by atoms with Crippen molar-refractivity contribution in [3.05, 3.63) is 41.9 Å². The monoisotopic (exact) mass is 203 g/mol. The van der Waals surface area contributed by atoms with E-state index in [9.17, 15) is 4.79 Å². The summed E-state index contributed by atoms with van der Waals surface area (Å²) in [7, 11) is 0. The summed E-state index contributed by atoms with van der Waals surface area (Å²) in [6, 6.07) is 5.73. The molecular formula is C12H13NO2. The fourth-order valence-corrected chi connectivity index (χ4v) is 1.52. The average Bonchev–Trinajstić information content (AvgIpc) is 2.81. The summed E-state index contributed by atoms with van der Waals surface area (Å²) in [6.07, 6.45) is 5.61. The zero-order chi connectivity index (χ0) is 10.5. The van der Waals surface area contributed by atoms with E-state index in [1.165, 1.54) is 0 Å². The van der Waals surface area contributed by atoms with Gasteiger partial charge in [-0.15, -0.1) is 0 Å². The van der Waals surface area contributed by atoms with Crippen LogP contribution in [0.1, 0.15) is 18.5 Å². The molecule has 3 heteroatoms. The van der Waals surface area contributed by atoms with Gasteiger partial charge in [0.2, 0.25) is 0 Å². The lowest BCUT2D eigenvalue weighted by Crippen LogP contribution is -2.05. The first-order chi connectivity index (χ1) is 7.36. The molecule has 0 aromatic carbocycles. The van der Waals surface area contributed by atoms with Crippen molar-refractivity contribution in [2.24, 2.45) is 0 Å². The number of hydrogen-bond donors (Lipinski definition) is 0. The maximum atomic E-state index is 11.6. The van der Waals surface area contributed by atoms with Crippen LogP contribution in [0.4, 0.5) is 0 Å². The Morgan fingerprint density at radius 2 is 2.40 bits per heavy atom. The third-order valence-electron chi connectivity index (χ3n) is 2.31. The summed E-state index contributed by atoms with van der Waals surface area (Å²) in [4.78, 5) is 15.8. The first-order valence-electron chi connectivity index (χ1n) is 5.12. The van der Waals surface area contributed by atoms with Crippen molar-refractivity contribution in [2.45, 2.75) is 19.3 Å². The van der Waals surface area contributed by atoms with Gasteiger partial charge in [0, 0.05) is 24.7 Å². The molecule has 0 aliphatic carbocycles. The molecule has 15 heavy (non-hydrogen) atoms. The van der Waals surface area contributed by atoms with E-state index in [-0.39, 0.29) is 5.78 Å². The summed E-state index contributed by atoms with van der Waals surface area (Å²) in [5, 5.41) is 0. The normalized spacial score (nSPS) is 14.5. The number of rotatable bonds is 4. The summed E-state index contributed by atoms with van der Waals surface area (Å²) < 4.78 is 5.19. The van der Waals surface area contributed by atoms with E-state index in [4.69, 9.17) is 4.74 Å². The van der Waals surface area contributed by atoms with Crippen LogP contribution in [-0.2, 0) is 16.0 Å². The van der Waals surface area contributed by atoms with Crippen LogP contribution in [0.25, 0.3) is 0 Å². The maximum absolute atomic E-state index is 11.6. The summed E-state index contributed by atoms with van der Waals surface area (Å²) in [5.41, 5.74) is 0.949. The lowest BCUT2D eigenvalue weighted by Gasteiger charge is -2.02. The van der Waals surface area contributed by atoms with E-state index in [1.807, 2.05) is 24.3 Å². The zero-order valence-corrected chi connectivity index (χ0v) is 8.48. The Morgan fingerprint density at radius 1 is 1.47 bits per heavy atom. The smallest absolute Gasteiger partial charge is 0.197 e. The number of nitrogens with zero attached hydrogens (tertiary/aromatic N) is 1. The minimum absolute atomic E-state index is 0.0816. The first kappa shape index (κ1) is 9.90. The van der Waals surface area contributed by atoms with Crippen LogP contribution in [0.5, 0.6) is 0 Å². The molecule has 0 saturated carbocycles. The van der Waals surface area contributed by atoms with Gasteiger partial charge < -0.3 is 4.74 Å². The second-order valence-electron chi connectivity index (χ2n) is 3.45. The maximum Gasteiger partial charge on any atom is 0.197 e. The highest BCUT2D eigenvalue weighted by Gasteiger charge is 2.14. The van der Waals surface area contributed by atoms with E-state index in [0.29, 0.717) is 25.2 Å². The van der Waals surface area contributed by atoms with Crippen molar-refractivity contribution in [3.8, 4) is 0 Å². The minimum atomic E-state index is 0.0816. The molecule has 0 bridgehead atoms. The van der Waals surface area contributed by atoms with Crippen molar-refractivity contribution in [1.29, 1.82) is 0 Å². The molecule has 1 aromatic heterocycles. The number of ketones is 1. The highest BCUT2D eigenvalue weighted by atomic mass is 16.5. The van der Waals surface area contributed by atoms with E-state index in [2.05, 4.69) is 4.98 Å². The third kappa shape index (κ3) is 2.65. The van der Waals surface area contributed by atoms with Gasteiger partial charge >= 0.3 is 0 Å². The number of aromatic nitrogens is 1. The number of allylic oxidation sites excluding steroid dienone is 1. The second-order valence-corrected chi connectivity index (χ2v) is 3.45. The molecule has 0 amide bonds. The van der Waals surface area contributed by atoms with Gasteiger partial charge in [0.25, 0.3) is 0 Å². The number of aryl methyl sites for hydroxylation is 1. The summed E-state index contributed by atoms with van der Waals surface area (Å²) >= 11 is 0. The molecule has 0 unspecified atom stereocenters. The molecule has 0 spiro atoms. The zero-order valence-electron chi connectivity index (χ0n) is 8.48. The molecule has 78 valence electrons. The van der Waals surface area contributed by atoms with Crippen molar-refractivity contribution in [2.75, 3.05) is 6.61 Å². The van der Waals surface area contributed by atoms with Gasteiger partial charge in [-0.05, 0) is 24.6 Å². The molecule has 1 aromatic rings. The molecule has 0 N–H and O–H groups in total. The van der Waals surface area contributed by atoms with Gasteiger partial charge in [0.05, 0.1) is 6.61 Å². The van der Waals surface area contributed by atoms with E-state index in [1.54, 1.807) is 6.20 Å². The molecule has 1 aliphatic heterocycles. The van der Waals surface area contributed by atoms with Gasteiger partial charge in [0.15, 0.2) is 11.5 Å². The Hall–Kier alpha value is -1.64. The Morgan fingerprint density at radius 3 is 3.07 bits per heavy atom. The Bertz CT molecular complexity index is 370. The van der Waals surface area contributed by atoms with Crippen LogP contribution in [0.3, 0.4) is 0 Å². The molecule has 0 fully saturated rings. The topological polar surface area (TPSA) is 39.2 Å². The van der Waals surface area contributed by atoms with Gasteiger partial charge in [-0.2, -0.15) is 0 Å². The molecule has 0 radical (unpaired) electrons. The van der Waals surface area contributed by atoms with Crippen molar-refractivity contribution in [3.63, 3.8) is 0 Å². The van der Waals surface area contributed by atoms with Gasteiger partial charge in [-0.1, -0.05) is 6.07 Å². The third-order valence-corrected chi connectivity index (χ3v) is 2.31. The molecule has 1 aliphatic rings. The van der Waals surface area contributed by atoms with Crippen LogP contribution in [-0.4, -0.2) is 17.4 Å². The molecular weight excluding hydrogens is 190 g/mol. The van der Waals surface area contributed by atoms with Crippen LogP contribution in [0.15, 0.2) is 36.2 Å². The molecule has 0 atom stereocenters. The van der Waals surface area contributed by atoms with Crippen LogP contribution in [0.2, 0.25) is 0 Å². The van der Waals surface area contributed by atoms with Crippen molar-refractivity contribution >= 4 is 5.78 Å². The Kier molecular flexibility index (Phi) is 3.12. The SMILES string of the molecule is O=C(CCc1ccccn1)C1=CCCO1. The molecule has 2 heterocycles. The number of hydrogen-bond acceptors (Lipinski definition) is 3. The molecule has 2 rings (SSSR count). The number of carbonyl (C=O) groups is 1. The van der Waals surface area contributed by atoms with Gasteiger partial charge in [-0.3, -0.25) is 9.78 Å². The van der Waals surface area contributed by atoms with Gasteiger partial charge in [-0.25, -0.2) is 0 Å². The lowest BCUT2D eigenvalue weighted by molar-refractivity contribution is -0.118. The second kappa shape index (κ2) is 4.73. The van der Waals surface area contributed by atoms with Crippen molar-refractivity contribution < 1.29 is 9.53 Å². The Balaban J connectivity index is 1.86. The fourth-order valence-electron chi connectivity index (χ4n) is 1.52. The van der Waals surface area contributed by atoms with E-state index in [0.717, 1.165) is 12.1 Å². The van der Waals surface area contributed by atoms with E-state index >= 15 is 0 Å². The van der Waals surface area contributed by atoms with Crippen LogP contribution in [0, 0.1) is 0 Å². The Labute approximate surface area is 88.8 Å². The number of pyridine rings is 1. The summed E-state index contributed by atoms with van der Waals surface area (Å²) in [6.45, 7) is 0.644. The van der Waals surface area contributed by atoms with E-state index < -0.39 is 0 Å². The largest absolute Gasteiger partial charge is 0.490 e. The number of ether oxygens (including phenoxy) is 1. The van der Waals surface area contributed by atoms with Gasteiger partial charge in [0.1, 0.15) is 0 Å². The fraction of sp³-hybridized carbons (Fsp3) is 0.333. The highest BCUT2D eigenvalue weighted by molar-refractivity contribution is 5.93. The quantitative estimate of drug-likeness (QED) is 0.750. The van der Waals surface area contributed by atoms with Crippen LogP contribution >= 0.6 is 0 Å². The highest BCUT2D eigenvalue weighted by Crippen LogP contribution is 2.12. The molecule has 0 saturated heterocycles.